The molecular weight excluding hydrogens is 456 g/mol. The summed E-state index contributed by atoms with van der Waals surface area (Å²) in [5.74, 6) is 0.380. The van der Waals surface area contributed by atoms with Crippen molar-refractivity contribution in [1.29, 1.82) is 0 Å². The molecule has 0 bridgehead atoms. The number of aromatic nitrogens is 2. The predicted molar refractivity (Wildman–Crippen MR) is 141 cm³/mol. The second-order valence-corrected chi connectivity index (χ2v) is 13.3. The Kier molecular flexibility index (Phi) is 6.70. The molecule has 2 aromatic rings. The van der Waals surface area contributed by atoms with Crippen molar-refractivity contribution in [3.63, 3.8) is 0 Å². The van der Waals surface area contributed by atoms with E-state index in [1.54, 1.807) is 16.4 Å². The molecule has 5 rings (SSSR count). The number of fused-ring (bicyclic) bond motifs is 2. The van der Waals surface area contributed by atoms with Gasteiger partial charge in [0.05, 0.1) is 16.8 Å². The minimum Gasteiger partial charge on any atom is -0.302 e. The minimum atomic E-state index is -3.55. The van der Waals surface area contributed by atoms with Crippen LogP contribution in [0.15, 0.2) is 40.9 Å². The Morgan fingerprint density at radius 2 is 1.71 bits per heavy atom. The number of benzene rings is 1. The molecule has 6 nitrogen and oxygen atoms in total. The third-order valence-electron chi connectivity index (χ3n) is 8.19. The predicted octanol–water partition coefficient (Wildman–Crippen LogP) is 5.09. The fourth-order valence-corrected chi connectivity index (χ4v) is 7.73. The van der Waals surface area contributed by atoms with Gasteiger partial charge >= 0.3 is 0 Å². The molecule has 0 spiro atoms. The van der Waals surface area contributed by atoms with Crippen LogP contribution in [0.2, 0.25) is 0 Å². The largest absolute Gasteiger partial charge is 0.302 e. The van der Waals surface area contributed by atoms with E-state index in [0.717, 1.165) is 38.0 Å². The van der Waals surface area contributed by atoms with Crippen LogP contribution in [-0.4, -0.2) is 60.1 Å². The van der Waals surface area contributed by atoms with Gasteiger partial charge in [-0.05, 0) is 87.9 Å². The Morgan fingerprint density at radius 3 is 2.37 bits per heavy atom. The summed E-state index contributed by atoms with van der Waals surface area (Å²) >= 11 is 0. The van der Waals surface area contributed by atoms with E-state index in [1.807, 2.05) is 18.3 Å². The number of piperidine rings is 2. The highest BCUT2D eigenvalue weighted by Crippen LogP contribution is 2.46. The maximum atomic E-state index is 13.8. The summed E-state index contributed by atoms with van der Waals surface area (Å²) in [5, 5.41) is 4.70. The fourth-order valence-electron chi connectivity index (χ4n) is 6.20. The van der Waals surface area contributed by atoms with Gasteiger partial charge in [0.25, 0.3) is 0 Å². The summed E-state index contributed by atoms with van der Waals surface area (Å²) in [4.78, 5) is 2.98. The van der Waals surface area contributed by atoms with Crippen LogP contribution in [0.1, 0.15) is 82.2 Å². The molecule has 1 aromatic heterocycles. The van der Waals surface area contributed by atoms with Gasteiger partial charge in [0.2, 0.25) is 10.0 Å². The van der Waals surface area contributed by atoms with Crippen LogP contribution < -0.4 is 0 Å². The van der Waals surface area contributed by atoms with Gasteiger partial charge in [0.15, 0.2) is 0 Å². The average Bonchev–Trinajstić information content (AvgIpc) is 3.25. The van der Waals surface area contributed by atoms with Crippen LogP contribution in [-0.2, 0) is 16.4 Å². The molecule has 1 atom stereocenters. The zero-order valence-corrected chi connectivity index (χ0v) is 22.5. The van der Waals surface area contributed by atoms with Gasteiger partial charge in [0, 0.05) is 31.1 Å². The van der Waals surface area contributed by atoms with E-state index in [4.69, 9.17) is 5.10 Å². The van der Waals surface area contributed by atoms with E-state index in [9.17, 15) is 8.42 Å². The van der Waals surface area contributed by atoms with Gasteiger partial charge in [-0.2, -0.15) is 9.40 Å². The van der Waals surface area contributed by atoms with E-state index in [1.165, 1.54) is 36.1 Å². The van der Waals surface area contributed by atoms with Crippen LogP contribution in [0.25, 0.3) is 6.08 Å². The normalized spacial score (nSPS) is 23.9. The van der Waals surface area contributed by atoms with E-state index in [2.05, 4.69) is 43.4 Å². The summed E-state index contributed by atoms with van der Waals surface area (Å²) in [7, 11) is -3.55. The van der Waals surface area contributed by atoms with Crippen LogP contribution in [0, 0.1) is 5.41 Å². The maximum Gasteiger partial charge on any atom is 0.243 e. The summed E-state index contributed by atoms with van der Waals surface area (Å²) in [6, 6.07) is 7.81. The van der Waals surface area contributed by atoms with E-state index >= 15 is 0 Å². The van der Waals surface area contributed by atoms with Crippen LogP contribution >= 0.6 is 0 Å². The summed E-state index contributed by atoms with van der Waals surface area (Å²) < 4.78 is 31.5. The highest BCUT2D eigenvalue weighted by atomic mass is 32.2. The molecule has 7 heteroatoms. The second kappa shape index (κ2) is 9.49. The standard InChI is InChI=1S/C28H40N4O2S/c1-21(2)23-8-10-26(11-9-23)35(33,34)31-15-12-25-16-27-24(18-29-32(27)22(3)4)17-28(25,20-31)19-30-13-6-5-7-14-30/h8-11,16,18,21-22H,5-7,12-15,17,19-20H2,1-4H3/t28-/m0/s1. The maximum absolute atomic E-state index is 13.8. The molecule has 0 radical (unpaired) electrons. The lowest BCUT2D eigenvalue weighted by atomic mass is 9.68. The van der Waals surface area contributed by atoms with Crippen LogP contribution in [0.3, 0.4) is 0 Å². The van der Waals surface area contributed by atoms with E-state index in [-0.39, 0.29) is 5.41 Å². The van der Waals surface area contributed by atoms with Crippen molar-refractivity contribution in [2.45, 2.75) is 76.7 Å². The van der Waals surface area contributed by atoms with E-state index in [0.29, 0.717) is 29.9 Å². The monoisotopic (exact) mass is 496 g/mol. The zero-order valence-electron chi connectivity index (χ0n) is 21.7. The molecule has 1 aromatic carbocycles. The van der Waals surface area contributed by atoms with Gasteiger partial charge in [-0.1, -0.05) is 38.0 Å². The first-order chi connectivity index (χ1) is 16.7. The Hall–Kier alpha value is -1.96. The van der Waals surface area contributed by atoms with Crippen LogP contribution in [0.5, 0.6) is 0 Å². The van der Waals surface area contributed by atoms with Crippen molar-refractivity contribution in [2.75, 3.05) is 32.7 Å². The average molecular weight is 497 g/mol. The number of nitrogens with zero attached hydrogens (tertiary/aromatic N) is 4. The molecule has 190 valence electrons. The zero-order chi connectivity index (χ0) is 24.8. The molecule has 0 N–H and O–H groups in total. The van der Waals surface area contributed by atoms with Crippen molar-refractivity contribution in [1.82, 2.24) is 19.0 Å². The molecular formula is C28H40N4O2S. The van der Waals surface area contributed by atoms with Crippen molar-refractivity contribution < 1.29 is 8.42 Å². The third kappa shape index (κ3) is 4.63. The smallest absolute Gasteiger partial charge is 0.243 e. The van der Waals surface area contributed by atoms with Crippen molar-refractivity contribution in [2.24, 2.45) is 5.41 Å². The van der Waals surface area contributed by atoms with Crippen LogP contribution in [0.4, 0.5) is 0 Å². The second-order valence-electron chi connectivity index (χ2n) is 11.4. The number of sulfonamides is 1. The highest BCUT2D eigenvalue weighted by Gasteiger charge is 2.47. The Labute approximate surface area is 211 Å². The number of hydrogen-bond acceptors (Lipinski definition) is 4. The van der Waals surface area contributed by atoms with Gasteiger partial charge in [-0.25, -0.2) is 8.42 Å². The number of hydrogen-bond donors (Lipinski definition) is 0. The van der Waals surface area contributed by atoms with Gasteiger partial charge in [-0.15, -0.1) is 0 Å². The Balaban J connectivity index is 1.49. The molecule has 1 aliphatic carbocycles. The van der Waals surface area contributed by atoms with Crippen molar-refractivity contribution in [3.05, 3.63) is 52.9 Å². The lowest BCUT2D eigenvalue weighted by molar-refractivity contribution is 0.114. The first-order valence-corrected chi connectivity index (χ1v) is 14.7. The molecule has 0 amide bonds. The van der Waals surface area contributed by atoms with Gasteiger partial charge < -0.3 is 4.90 Å². The quantitative estimate of drug-likeness (QED) is 0.559. The lowest BCUT2D eigenvalue weighted by Crippen LogP contribution is -2.54. The first-order valence-electron chi connectivity index (χ1n) is 13.3. The number of rotatable bonds is 6. The molecule has 2 saturated heterocycles. The van der Waals surface area contributed by atoms with Gasteiger partial charge in [-0.3, -0.25) is 4.68 Å². The minimum absolute atomic E-state index is 0.196. The topological polar surface area (TPSA) is 58.4 Å². The van der Waals surface area contributed by atoms with Crippen molar-refractivity contribution in [3.8, 4) is 0 Å². The lowest BCUT2D eigenvalue weighted by Gasteiger charge is -2.48. The molecule has 2 aliphatic heterocycles. The first kappa shape index (κ1) is 24.7. The number of likely N-dealkylation sites (tertiary alicyclic amines) is 1. The summed E-state index contributed by atoms with van der Waals surface area (Å²) in [5.41, 5.74) is 4.83. The fraction of sp³-hybridized carbons (Fsp3) is 0.607. The molecule has 0 unspecified atom stereocenters. The molecule has 3 aliphatic rings. The third-order valence-corrected chi connectivity index (χ3v) is 10.1. The summed E-state index contributed by atoms with van der Waals surface area (Å²) in [6.07, 6.45) is 9.75. The SMILES string of the molecule is CC(C)c1ccc(S(=O)(=O)N2CCC3=Cc4c(cnn4C(C)C)C[C@]3(CN3CCCCC3)C2)cc1. The van der Waals surface area contributed by atoms with E-state index < -0.39 is 10.0 Å². The molecule has 3 heterocycles. The Morgan fingerprint density at radius 1 is 1.00 bits per heavy atom. The molecule has 0 saturated carbocycles. The summed E-state index contributed by atoms with van der Waals surface area (Å²) in [6.45, 7) is 12.8. The van der Waals surface area contributed by atoms with Crippen molar-refractivity contribution >= 4 is 16.1 Å². The molecule has 35 heavy (non-hydrogen) atoms. The molecule has 2 fully saturated rings. The Bertz CT molecular complexity index is 1190. The van der Waals surface area contributed by atoms with Gasteiger partial charge in [0.1, 0.15) is 0 Å². The highest BCUT2D eigenvalue weighted by molar-refractivity contribution is 7.89.